The highest BCUT2D eigenvalue weighted by atomic mass is 32.2. The molecule has 0 atom stereocenters. The summed E-state index contributed by atoms with van der Waals surface area (Å²) in [5, 5.41) is 4.18. The number of aromatic nitrogens is 2. The van der Waals surface area contributed by atoms with E-state index in [9.17, 15) is 0 Å². The second-order valence-electron chi connectivity index (χ2n) is 5.79. The van der Waals surface area contributed by atoms with Crippen molar-refractivity contribution in [2.24, 2.45) is 0 Å². The molecule has 0 saturated carbocycles. The lowest BCUT2D eigenvalue weighted by atomic mass is 9.96. The van der Waals surface area contributed by atoms with E-state index in [1.807, 2.05) is 13.1 Å². The smallest absolute Gasteiger partial charge is 0.137 e. The fourth-order valence-electron chi connectivity index (χ4n) is 1.78. The van der Waals surface area contributed by atoms with E-state index in [-0.39, 0.29) is 5.41 Å². The van der Waals surface area contributed by atoms with Gasteiger partial charge >= 0.3 is 0 Å². The molecule has 5 heteroatoms. The normalized spacial score (nSPS) is 11.9. The highest BCUT2D eigenvalue weighted by molar-refractivity contribution is 7.99. The van der Waals surface area contributed by atoms with Crippen molar-refractivity contribution in [1.29, 1.82) is 0 Å². The summed E-state index contributed by atoms with van der Waals surface area (Å²) < 4.78 is 0. The topological polar surface area (TPSA) is 41.0 Å². The van der Waals surface area contributed by atoms with Crippen molar-refractivity contribution in [1.82, 2.24) is 14.9 Å². The fourth-order valence-corrected chi connectivity index (χ4v) is 2.69. The van der Waals surface area contributed by atoms with E-state index in [1.165, 1.54) is 0 Å². The zero-order chi connectivity index (χ0) is 15.2. The van der Waals surface area contributed by atoms with E-state index >= 15 is 0 Å². The van der Waals surface area contributed by atoms with E-state index in [0.717, 1.165) is 42.1 Å². The molecule has 0 aliphatic rings. The van der Waals surface area contributed by atoms with Gasteiger partial charge in [0.1, 0.15) is 16.7 Å². The van der Waals surface area contributed by atoms with Crippen molar-refractivity contribution in [2.75, 3.05) is 37.8 Å². The first-order chi connectivity index (χ1) is 9.40. The molecule has 20 heavy (non-hydrogen) atoms. The number of thioether (sulfide) groups is 1. The van der Waals surface area contributed by atoms with Crippen molar-refractivity contribution in [3.63, 3.8) is 0 Å². The lowest BCUT2D eigenvalue weighted by Gasteiger charge is -2.19. The first-order valence-electron chi connectivity index (χ1n) is 7.33. The number of hydrogen-bond acceptors (Lipinski definition) is 5. The van der Waals surface area contributed by atoms with Gasteiger partial charge < -0.3 is 10.2 Å². The van der Waals surface area contributed by atoms with Gasteiger partial charge in [0.05, 0.1) is 0 Å². The third-order valence-electron chi connectivity index (χ3n) is 3.18. The van der Waals surface area contributed by atoms with E-state index in [1.54, 1.807) is 11.8 Å². The maximum absolute atomic E-state index is 4.69. The van der Waals surface area contributed by atoms with Gasteiger partial charge in [-0.1, -0.05) is 34.6 Å². The number of nitrogens with zero attached hydrogens (tertiary/aromatic N) is 3. The molecule has 0 amide bonds. The Hall–Kier alpha value is -0.810. The molecule has 1 rings (SSSR count). The van der Waals surface area contributed by atoms with Crippen molar-refractivity contribution < 1.29 is 0 Å². The molecule has 0 aromatic carbocycles. The van der Waals surface area contributed by atoms with Crippen LogP contribution in [0.25, 0.3) is 0 Å². The molecule has 1 N–H and O–H groups in total. The average molecular weight is 296 g/mol. The summed E-state index contributed by atoms with van der Waals surface area (Å²) >= 11 is 1.81. The van der Waals surface area contributed by atoms with Gasteiger partial charge in [-0.15, -0.1) is 11.8 Å². The Morgan fingerprint density at radius 2 is 1.85 bits per heavy atom. The second-order valence-corrected chi connectivity index (χ2v) is 6.91. The molecule has 114 valence electrons. The minimum atomic E-state index is -0.0267. The number of rotatable bonds is 7. The van der Waals surface area contributed by atoms with Crippen LogP contribution in [0.15, 0.2) is 11.1 Å². The van der Waals surface area contributed by atoms with Crippen LogP contribution < -0.4 is 5.32 Å². The quantitative estimate of drug-likeness (QED) is 0.618. The van der Waals surface area contributed by atoms with Crippen LogP contribution in [-0.4, -0.2) is 47.3 Å². The molecular weight excluding hydrogens is 268 g/mol. The molecule has 1 aromatic heterocycles. The molecular formula is C15H28N4S. The summed E-state index contributed by atoms with van der Waals surface area (Å²) in [6.07, 6.45) is 0. The molecule has 0 saturated heterocycles. The van der Waals surface area contributed by atoms with Crippen LogP contribution in [0.5, 0.6) is 0 Å². The predicted molar refractivity (Wildman–Crippen MR) is 88.8 cm³/mol. The summed E-state index contributed by atoms with van der Waals surface area (Å²) in [6, 6.07) is 2.03. The monoisotopic (exact) mass is 296 g/mol. The maximum Gasteiger partial charge on any atom is 0.137 e. The number of hydrogen-bond donors (Lipinski definition) is 1. The summed E-state index contributed by atoms with van der Waals surface area (Å²) in [5.41, 5.74) is -0.0267. The minimum absolute atomic E-state index is 0.0267. The molecule has 0 unspecified atom stereocenters. The van der Waals surface area contributed by atoms with Crippen molar-refractivity contribution in [2.45, 2.75) is 45.1 Å². The van der Waals surface area contributed by atoms with Crippen LogP contribution in [0.3, 0.4) is 0 Å². The zero-order valence-electron chi connectivity index (χ0n) is 13.7. The van der Waals surface area contributed by atoms with Crippen LogP contribution in [0.4, 0.5) is 5.82 Å². The summed E-state index contributed by atoms with van der Waals surface area (Å²) in [4.78, 5) is 11.7. The Morgan fingerprint density at radius 3 is 2.35 bits per heavy atom. The van der Waals surface area contributed by atoms with Crippen molar-refractivity contribution in [3.8, 4) is 0 Å². The van der Waals surface area contributed by atoms with Gasteiger partial charge in [-0.2, -0.15) is 0 Å². The first kappa shape index (κ1) is 17.2. The van der Waals surface area contributed by atoms with Gasteiger partial charge in [0, 0.05) is 30.8 Å². The number of nitrogens with one attached hydrogen (secondary N) is 1. The molecule has 0 fully saturated rings. The highest BCUT2D eigenvalue weighted by Crippen LogP contribution is 2.24. The summed E-state index contributed by atoms with van der Waals surface area (Å²) in [5.74, 6) is 2.86. The molecule has 0 radical (unpaired) electrons. The molecule has 0 spiro atoms. The first-order valence-corrected chi connectivity index (χ1v) is 8.31. The average Bonchev–Trinajstić information content (AvgIpc) is 2.42. The minimum Gasteiger partial charge on any atom is -0.373 e. The molecule has 1 heterocycles. The largest absolute Gasteiger partial charge is 0.373 e. The van der Waals surface area contributed by atoms with Gasteiger partial charge in [-0.3, -0.25) is 0 Å². The Labute approximate surface area is 127 Å². The fraction of sp³-hybridized carbons (Fsp3) is 0.733. The third kappa shape index (κ3) is 5.29. The highest BCUT2D eigenvalue weighted by Gasteiger charge is 2.19. The molecule has 4 nitrogen and oxygen atoms in total. The SMILES string of the molecule is CCN(CC)CCSc1cc(NC)nc(C(C)(C)C)n1. The van der Waals surface area contributed by atoms with Gasteiger partial charge in [-0.05, 0) is 13.1 Å². The van der Waals surface area contributed by atoms with E-state index in [0.29, 0.717) is 0 Å². The van der Waals surface area contributed by atoms with Crippen LogP contribution in [0.2, 0.25) is 0 Å². The molecule has 0 aliphatic carbocycles. The second kappa shape index (κ2) is 7.84. The van der Waals surface area contributed by atoms with Crippen LogP contribution in [0.1, 0.15) is 40.4 Å². The van der Waals surface area contributed by atoms with Gasteiger partial charge in [-0.25, -0.2) is 9.97 Å². The van der Waals surface area contributed by atoms with Gasteiger partial charge in [0.15, 0.2) is 0 Å². The molecule has 1 aromatic rings. The van der Waals surface area contributed by atoms with Gasteiger partial charge in [0.25, 0.3) is 0 Å². The summed E-state index contributed by atoms with van der Waals surface area (Å²) in [7, 11) is 1.90. The maximum atomic E-state index is 4.69. The lowest BCUT2D eigenvalue weighted by Crippen LogP contribution is -2.25. The van der Waals surface area contributed by atoms with Gasteiger partial charge in [0.2, 0.25) is 0 Å². The predicted octanol–water partition coefficient (Wildman–Crippen LogP) is 3.25. The third-order valence-corrected chi connectivity index (χ3v) is 4.07. The Morgan fingerprint density at radius 1 is 1.20 bits per heavy atom. The molecule has 0 aliphatic heterocycles. The van der Waals surface area contributed by atoms with Crippen LogP contribution in [-0.2, 0) is 5.41 Å². The van der Waals surface area contributed by atoms with Crippen LogP contribution in [0, 0.1) is 0 Å². The van der Waals surface area contributed by atoms with E-state index in [2.05, 4.69) is 49.8 Å². The van der Waals surface area contributed by atoms with E-state index in [4.69, 9.17) is 4.98 Å². The lowest BCUT2D eigenvalue weighted by molar-refractivity contribution is 0.324. The Balaban J connectivity index is 2.74. The standard InChI is InChI=1S/C15H28N4S/c1-7-19(8-2)9-10-20-13-11-12(16-6)17-14(18-13)15(3,4)5/h11H,7-10H2,1-6H3,(H,16,17,18). The molecule has 0 bridgehead atoms. The summed E-state index contributed by atoms with van der Waals surface area (Å²) in [6.45, 7) is 14.2. The number of anilines is 1. The van der Waals surface area contributed by atoms with Crippen molar-refractivity contribution in [3.05, 3.63) is 11.9 Å². The van der Waals surface area contributed by atoms with Crippen molar-refractivity contribution >= 4 is 17.6 Å². The van der Waals surface area contributed by atoms with E-state index < -0.39 is 0 Å². The Bertz CT molecular complexity index is 411. The zero-order valence-corrected chi connectivity index (χ0v) is 14.5. The van der Waals surface area contributed by atoms with Crippen LogP contribution >= 0.6 is 11.8 Å². The Kier molecular flexibility index (Phi) is 6.76.